The summed E-state index contributed by atoms with van der Waals surface area (Å²) in [6, 6.07) is 7.70. The Bertz CT molecular complexity index is 901. The van der Waals surface area contributed by atoms with Gasteiger partial charge in [-0.1, -0.05) is 11.6 Å². The molecular formula is C18H18ClN5O3S. The first-order valence-electron chi connectivity index (χ1n) is 8.71. The van der Waals surface area contributed by atoms with Crippen molar-refractivity contribution in [2.45, 2.75) is 19.3 Å². The van der Waals surface area contributed by atoms with Crippen molar-refractivity contribution >= 4 is 52.0 Å². The van der Waals surface area contributed by atoms with Crippen LogP contribution in [0.5, 0.6) is 0 Å². The molecule has 1 aliphatic heterocycles. The van der Waals surface area contributed by atoms with Crippen LogP contribution in [0.15, 0.2) is 36.5 Å². The molecule has 2 aromatic rings. The minimum atomic E-state index is -0.542. The van der Waals surface area contributed by atoms with Crippen LogP contribution in [0.2, 0.25) is 5.02 Å². The Morgan fingerprint density at radius 3 is 2.61 bits per heavy atom. The number of pyridine rings is 1. The van der Waals surface area contributed by atoms with Crippen molar-refractivity contribution in [3.8, 4) is 0 Å². The highest BCUT2D eigenvalue weighted by Gasteiger charge is 2.23. The van der Waals surface area contributed by atoms with Crippen LogP contribution in [0.1, 0.15) is 29.6 Å². The molecule has 0 aliphatic carbocycles. The van der Waals surface area contributed by atoms with Gasteiger partial charge in [0.15, 0.2) is 5.11 Å². The van der Waals surface area contributed by atoms with Crippen molar-refractivity contribution in [2.75, 3.05) is 23.3 Å². The van der Waals surface area contributed by atoms with Crippen molar-refractivity contribution in [3.05, 3.63) is 57.2 Å². The van der Waals surface area contributed by atoms with Gasteiger partial charge in [-0.05, 0) is 55.7 Å². The average Bonchev–Trinajstić information content (AvgIpc) is 2.69. The van der Waals surface area contributed by atoms with Crippen LogP contribution < -0.4 is 15.5 Å². The third-order valence-electron chi connectivity index (χ3n) is 4.33. The first-order chi connectivity index (χ1) is 13.4. The zero-order chi connectivity index (χ0) is 20.1. The number of rotatable bonds is 4. The number of nitrogens with zero attached hydrogens (tertiary/aromatic N) is 3. The number of nitrogens with one attached hydrogen (secondary N) is 2. The van der Waals surface area contributed by atoms with Gasteiger partial charge in [0, 0.05) is 30.9 Å². The third kappa shape index (κ3) is 4.93. The predicted molar refractivity (Wildman–Crippen MR) is 112 cm³/mol. The van der Waals surface area contributed by atoms with Crippen LogP contribution in [0, 0.1) is 10.1 Å². The second kappa shape index (κ2) is 8.94. The van der Waals surface area contributed by atoms with Crippen molar-refractivity contribution in [3.63, 3.8) is 0 Å². The van der Waals surface area contributed by atoms with Gasteiger partial charge in [0.2, 0.25) is 0 Å². The molecule has 0 spiro atoms. The van der Waals surface area contributed by atoms with Gasteiger partial charge in [0.25, 0.3) is 11.6 Å². The molecule has 1 amide bonds. The highest BCUT2D eigenvalue weighted by atomic mass is 35.5. The lowest BCUT2D eigenvalue weighted by Crippen LogP contribution is -2.34. The molecule has 10 heteroatoms. The maximum Gasteiger partial charge on any atom is 0.293 e. The largest absolute Gasteiger partial charge is 0.366 e. The zero-order valence-corrected chi connectivity index (χ0v) is 16.4. The number of carbonyl (C=O) groups excluding carboxylic acids is 1. The van der Waals surface area contributed by atoms with Gasteiger partial charge in [-0.25, -0.2) is 4.98 Å². The summed E-state index contributed by atoms with van der Waals surface area (Å²) in [5.41, 5.74) is 0.598. The second-order valence-electron chi connectivity index (χ2n) is 6.28. The number of hydrogen-bond acceptors (Lipinski definition) is 6. The summed E-state index contributed by atoms with van der Waals surface area (Å²) < 4.78 is 0. The first kappa shape index (κ1) is 20.0. The Labute approximate surface area is 172 Å². The van der Waals surface area contributed by atoms with E-state index in [1.165, 1.54) is 12.3 Å². The lowest BCUT2D eigenvalue weighted by Gasteiger charge is -2.28. The van der Waals surface area contributed by atoms with E-state index in [-0.39, 0.29) is 16.4 Å². The molecule has 28 heavy (non-hydrogen) atoms. The topological polar surface area (TPSA) is 100 Å². The molecule has 146 valence electrons. The van der Waals surface area contributed by atoms with Gasteiger partial charge < -0.3 is 10.2 Å². The van der Waals surface area contributed by atoms with Crippen molar-refractivity contribution < 1.29 is 9.72 Å². The molecule has 0 unspecified atom stereocenters. The van der Waals surface area contributed by atoms with Crippen molar-refractivity contribution in [2.24, 2.45) is 0 Å². The van der Waals surface area contributed by atoms with Gasteiger partial charge in [-0.15, -0.1) is 0 Å². The maximum atomic E-state index is 12.4. The number of benzene rings is 1. The van der Waals surface area contributed by atoms with Crippen LogP contribution in [-0.2, 0) is 0 Å². The van der Waals surface area contributed by atoms with Crippen molar-refractivity contribution in [1.82, 2.24) is 10.3 Å². The molecular weight excluding hydrogens is 402 g/mol. The normalized spacial score (nSPS) is 13.7. The van der Waals surface area contributed by atoms with E-state index in [0.29, 0.717) is 16.5 Å². The fraction of sp³-hybridized carbons (Fsp3) is 0.278. The Hall–Kier alpha value is -2.78. The predicted octanol–water partition coefficient (Wildman–Crippen LogP) is 3.76. The number of anilines is 2. The molecule has 3 rings (SSSR count). The van der Waals surface area contributed by atoms with Crippen LogP contribution in [-0.4, -0.2) is 34.0 Å². The first-order valence-corrected chi connectivity index (χ1v) is 9.50. The van der Waals surface area contributed by atoms with Gasteiger partial charge in [0.05, 0.1) is 9.95 Å². The van der Waals surface area contributed by atoms with E-state index in [4.69, 9.17) is 23.8 Å². The Balaban J connectivity index is 1.72. The number of carbonyl (C=O) groups is 1. The smallest absolute Gasteiger partial charge is 0.293 e. The highest BCUT2D eigenvalue weighted by Crippen LogP contribution is 2.31. The van der Waals surface area contributed by atoms with Gasteiger partial charge in [-0.2, -0.15) is 0 Å². The molecule has 1 aliphatic rings. The number of nitro benzene ring substituents is 1. The van der Waals surface area contributed by atoms with E-state index in [2.05, 4.69) is 15.6 Å². The van der Waals surface area contributed by atoms with Crippen LogP contribution in [0.3, 0.4) is 0 Å². The van der Waals surface area contributed by atoms with E-state index in [9.17, 15) is 14.9 Å². The minimum Gasteiger partial charge on any atom is -0.366 e. The number of amides is 1. The molecule has 0 atom stereocenters. The summed E-state index contributed by atoms with van der Waals surface area (Å²) in [7, 11) is 0. The summed E-state index contributed by atoms with van der Waals surface area (Å²) >= 11 is 10.9. The number of hydrogen-bond donors (Lipinski definition) is 2. The minimum absolute atomic E-state index is 0.0302. The van der Waals surface area contributed by atoms with Crippen LogP contribution in [0.4, 0.5) is 17.2 Å². The Kier molecular flexibility index (Phi) is 6.37. The summed E-state index contributed by atoms with van der Waals surface area (Å²) in [6.45, 7) is 1.54. The van der Waals surface area contributed by atoms with Gasteiger partial charge in [0.1, 0.15) is 11.5 Å². The SMILES string of the molecule is O=C(NC(=S)Nc1ccc(Cl)cn1)c1ccc(N2CCCCC2)c([N+](=O)[O-])c1. The molecule has 2 heterocycles. The molecule has 8 nitrogen and oxygen atoms in total. The molecule has 0 saturated carbocycles. The monoisotopic (exact) mass is 419 g/mol. The molecule has 0 radical (unpaired) electrons. The number of piperidine rings is 1. The molecule has 1 aromatic heterocycles. The molecule has 1 aromatic carbocycles. The Morgan fingerprint density at radius 1 is 1.21 bits per heavy atom. The average molecular weight is 420 g/mol. The Morgan fingerprint density at radius 2 is 1.96 bits per heavy atom. The van der Waals surface area contributed by atoms with Crippen LogP contribution >= 0.6 is 23.8 Å². The maximum absolute atomic E-state index is 12.4. The molecule has 1 saturated heterocycles. The van der Waals surface area contributed by atoms with E-state index in [1.54, 1.807) is 24.3 Å². The zero-order valence-electron chi connectivity index (χ0n) is 14.9. The third-order valence-corrected chi connectivity index (χ3v) is 4.75. The van der Waals surface area contributed by atoms with Gasteiger partial charge in [-0.3, -0.25) is 20.2 Å². The van der Waals surface area contributed by atoms with E-state index >= 15 is 0 Å². The van der Waals surface area contributed by atoms with E-state index in [1.807, 2.05) is 4.90 Å². The number of nitro groups is 1. The summed E-state index contributed by atoms with van der Waals surface area (Å²) in [6.07, 6.45) is 4.56. The molecule has 2 N–H and O–H groups in total. The standard InChI is InChI=1S/C18H18ClN5O3S/c19-13-5-7-16(20-11-13)21-18(28)22-17(25)12-4-6-14(15(10-12)24(26)27)23-8-2-1-3-9-23/h4-7,10-11H,1-3,8-9H2,(H2,20,21,22,25,28). The quantitative estimate of drug-likeness (QED) is 0.442. The number of thiocarbonyl (C=S) groups is 1. The summed E-state index contributed by atoms with van der Waals surface area (Å²) in [5.74, 6) is -0.124. The van der Waals surface area contributed by atoms with Crippen LogP contribution in [0.25, 0.3) is 0 Å². The fourth-order valence-electron chi connectivity index (χ4n) is 2.99. The van der Waals surface area contributed by atoms with Gasteiger partial charge >= 0.3 is 0 Å². The lowest BCUT2D eigenvalue weighted by molar-refractivity contribution is -0.384. The van der Waals surface area contributed by atoms with E-state index < -0.39 is 10.8 Å². The number of halogens is 1. The molecule has 0 bridgehead atoms. The van der Waals surface area contributed by atoms with Crippen molar-refractivity contribution in [1.29, 1.82) is 0 Å². The fourth-order valence-corrected chi connectivity index (χ4v) is 3.29. The highest BCUT2D eigenvalue weighted by molar-refractivity contribution is 7.80. The lowest BCUT2D eigenvalue weighted by atomic mass is 10.1. The van der Waals surface area contributed by atoms with E-state index in [0.717, 1.165) is 32.4 Å². The second-order valence-corrected chi connectivity index (χ2v) is 7.12. The molecule has 1 fully saturated rings. The number of aromatic nitrogens is 1. The summed E-state index contributed by atoms with van der Waals surface area (Å²) in [5, 5.41) is 17.3. The summed E-state index contributed by atoms with van der Waals surface area (Å²) in [4.78, 5) is 29.5.